The van der Waals surface area contributed by atoms with Crippen LogP contribution in [0.1, 0.15) is 25.7 Å². The first-order valence-electron chi connectivity index (χ1n) is 7.37. The second kappa shape index (κ2) is 8.52. The van der Waals surface area contributed by atoms with E-state index in [1.54, 1.807) is 18.2 Å². The van der Waals surface area contributed by atoms with E-state index in [4.69, 9.17) is 4.74 Å². The molecule has 0 unspecified atom stereocenters. The summed E-state index contributed by atoms with van der Waals surface area (Å²) in [6, 6.07) is 6.36. The molecule has 0 aromatic heterocycles. The van der Waals surface area contributed by atoms with Gasteiger partial charge in [-0.25, -0.2) is 0 Å². The number of hydrogen-bond donors (Lipinski definition) is 1. The summed E-state index contributed by atoms with van der Waals surface area (Å²) in [7, 11) is 0. The quantitative estimate of drug-likeness (QED) is 0.354. The standard InChI is InChI=1S/C15H18N2O5S/c18-14(16-11-5-1-2-6-11)9-22-15(19)10-23-13-8-4-3-7-12(13)17(20)21/h3-4,7-8,11H,1-2,5-6,9-10H2,(H,16,18). The molecule has 1 aliphatic carbocycles. The highest BCUT2D eigenvalue weighted by atomic mass is 32.2. The maximum Gasteiger partial charge on any atom is 0.316 e. The Morgan fingerprint density at radius 2 is 2.00 bits per heavy atom. The highest BCUT2D eigenvalue weighted by Gasteiger charge is 2.18. The van der Waals surface area contributed by atoms with Crippen molar-refractivity contribution in [2.45, 2.75) is 36.6 Å². The molecule has 0 bridgehead atoms. The average Bonchev–Trinajstić information content (AvgIpc) is 3.04. The van der Waals surface area contributed by atoms with Gasteiger partial charge in [-0.05, 0) is 18.9 Å². The summed E-state index contributed by atoms with van der Waals surface area (Å²) in [5, 5.41) is 13.7. The molecule has 2 rings (SSSR count). The van der Waals surface area contributed by atoms with Gasteiger partial charge in [0, 0.05) is 12.1 Å². The van der Waals surface area contributed by atoms with Crippen LogP contribution in [-0.4, -0.2) is 35.2 Å². The molecule has 1 aromatic rings. The molecule has 1 saturated carbocycles. The van der Waals surface area contributed by atoms with E-state index in [1.165, 1.54) is 6.07 Å². The highest BCUT2D eigenvalue weighted by Crippen LogP contribution is 2.28. The summed E-state index contributed by atoms with van der Waals surface area (Å²) in [5.74, 6) is -0.961. The Kier molecular flexibility index (Phi) is 6.40. The first kappa shape index (κ1) is 17.3. The number of nitrogens with zero attached hydrogens (tertiary/aromatic N) is 1. The minimum Gasteiger partial charge on any atom is -0.455 e. The molecule has 1 aliphatic rings. The van der Waals surface area contributed by atoms with Gasteiger partial charge in [0.15, 0.2) is 6.61 Å². The molecule has 0 saturated heterocycles. The van der Waals surface area contributed by atoms with Gasteiger partial charge in [0.25, 0.3) is 11.6 Å². The second-order valence-electron chi connectivity index (χ2n) is 5.22. The van der Waals surface area contributed by atoms with Crippen LogP contribution in [0.3, 0.4) is 0 Å². The minimum absolute atomic E-state index is 0.0516. The maximum absolute atomic E-state index is 11.6. The van der Waals surface area contributed by atoms with Gasteiger partial charge in [0.1, 0.15) is 0 Å². The Balaban J connectivity index is 1.72. The van der Waals surface area contributed by atoms with Gasteiger partial charge < -0.3 is 10.1 Å². The van der Waals surface area contributed by atoms with Crippen LogP contribution in [0.4, 0.5) is 5.69 Å². The molecule has 0 radical (unpaired) electrons. The summed E-state index contributed by atoms with van der Waals surface area (Å²) < 4.78 is 4.89. The number of benzene rings is 1. The SMILES string of the molecule is O=C(COC(=O)CSc1ccccc1[N+](=O)[O-])NC1CCCC1. The number of rotatable bonds is 7. The van der Waals surface area contributed by atoms with Crippen LogP contribution >= 0.6 is 11.8 Å². The number of amides is 1. The lowest BCUT2D eigenvalue weighted by Crippen LogP contribution is -2.36. The summed E-state index contributed by atoms with van der Waals surface area (Å²) in [4.78, 5) is 34.0. The van der Waals surface area contributed by atoms with Gasteiger partial charge in [-0.3, -0.25) is 19.7 Å². The largest absolute Gasteiger partial charge is 0.455 e. The van der Waals surface area contributed by atoms with E-state index in [0.29, 0.717) is 4.90 Å². The van der Waals surface area contributed by atoms with Crippen molar-refractivity contribution in [1.29, 1.82) is 0 Å². The van der Waals surface area contributed by atoms with Gasteiger partial charge in [0.05, 0.1) is 15.6 Å². The lowest BCUT2D eigenvalue weighted by Gasteiger charge is -2.11. The van der Waals surface area contributed by atoms with E-state index in [-0.39, 0.29) is 30.0 Å². The Hall–Kier alpha value is -2.09. The van der Waals surface area contributed by atoms with Crippen LogP contribution in [0.15, 0.2) is 29.2 Å². The van der Waals surface area contributed by atoms with E-state index in [9.17, 15) is 19.7 Å². The van der Waals surface area contributed by atoms with Gasteiger partial charge in [-0.1, -0.05) is 25.0 Å². The van der Waals surface area contributed by atoms with Crippen LogP contribution in [0.25, 0.3) is 0 Å². The molecule has 7 nitrogen and oxygen atoms in total. The zero-order valence-corrected chi connectivity index (χ0v) is 13.3. The van der Waals surface area contributed by atoms with E-state index >= 15 is 0 Å². The normalized spacial score (nSPS) is 14.4. The minimum atomic E-state index is -0.574. The number of nitro groups is 1. The molecule has 1 amide bonds. The van der Waals surface area contributed by atoms with Crippen molar-refractivity contribution >= 4 is 29.3 Å². The molecular weight excluding hydrogens is 320 g/mol. The van der Waals surface area contributed by atoms with Gasteiger partial charge in [-0.2, -0.15) is 0 Å². The Bertz CT molecular complexity index is 587. The fraction of sp³-hybridized carbons (Fsp3) is 0.467. The van der Waals surface area contributed by atoms with Gasteiger partial charge >= 0.3 is 5.97 Å². The Labute approximate surface area is 137 Å². The molecule has 8 heteroatoms. The first-order valence-corrected chi connectivity index (χ1v) is 8.36. The predicted octanol–water partition coefficient (Wildman–Crippen LogP) is 2.29. The fourth-order valence-corrected chi connectivity index (χ4v) is 3.22. The Morgan fingerprint density at radius 3 is 2.70 bits per heavy atom. The number of nitro benzene ring substituents is 1. The molecule has 0 heterocycles. The number of esters is 1. The predicted molar refractivity (Wildman–Crippen MR) is 85.2 cm³/mol. The first-order chi connectivity index (χ1) is 11.1. The third kappa shape index (κ3) is 5.55. The van der Waals surface area contributed by atoms with E-state index in [1.807, 2.05) is 0 Å². The fourth-order valence-electron chi connectivity index (χ4n) is 2.39. The third-order valence-electron chi connectivity index (χ3n) is 3.49. The molecule has 0 spiro atoms. The number of ether oxygens (including phenoxy) is 1. The van der Waals surface area contributed by atoms with Gasteiger partial charge in [-0.15, -0.1) is 11.8 Å². The monoisotopic (exact) mass is 338 g/mol. The zero-order chi connectivity index (χ0) is 16.7. The number of nitrogens with one attached hydrogen (secondary N) is 1. The van der Waals surface area contributed by atoms with E-state index in [0.717, 1.165) is 37.4 Å². The number of hydrogen-bond acceptors (Lipinski definition) is 6. The second-order valence-corrected chi connectivity index (χ2v) is 6.24. The summed E-state index contributed by atoms with van der Waals surface area (Å²) in [5.41, 5.74) is -0.0516. The number of para-hydroxylation sites is 1. The van der Waals surface area contributed by atoms with Crippen molar-refractivity contribution in [3.63, 3.8) is 0 Å². The van der Waals surface area contributed by atoms with Crippen LogP contribution in [0.2, 0.25) is 0 Å². The zero-order valence-electron chi connectivity index (χ0n) is 12.5. The van der Waals surface area contributed by atoms with Crippen molar-refractivity contribution < 1.29 is 19.2 Å². The van der Waals surface area contributed by atoms with Crippen molar-refractivity contribution in [1.82, 2.24) is 5.32 Å². The highest BCUT2D eigenvalue weighted by molar-refractivity contribution is 8.00. The van der Waals surface area contributed by atoms with Crippen LogP contribution in [0, 0.1) is 10.1 Å². The molecule has 1 fully saturated rings. The number of carbonyl (C=O) groups excluding carboxylic acids is 2. The lowest BCUT2D eigenvalue weighted by molar-refractivity contribution is -0.387. The van der Waals surface area contributed by atoms with Crippen molar-refractivity contribution in [3.05, 3.63) is 34.4 Å². The average molecular weight is 338 g/mol. The summed E-state index contributed by atoms with van der Waals surface area (Å²) in [6.45, 7) is -0.313. The maximum atomic E-state index is 11.6. The van der Waals surface area contributed by atoms with Crippen LogP contribution in [-0.2, 0) is 14.3 Å². The summed E-state index contributed by atoms with van der Waals surface area (Å²) >= 11 is 1.02. The molecule has 23 heavy (non-hydrogen) atoms. The Morgan fingerprint density at radius 1 is 1.30 bits per heavy atom. The van der Waals surface area contributed by atoms with E-state index in [2.05, 4.69) is 5.32 Å². The molecule has 124 valence electrons. The van der Waals surface area contributed by atoms with Crippen molar-refractivity contribution in [2.75, 3.05) is 12.4 Å². The molecule has 0 atom stereocenters. The van der Waals surface area contributed by atoms with Crippen LogP contribution in [0.5, 0.6) is 0 Å². The number of carbonyl (C=O) groups is 2. The third-order valence-corrected chi connectivity index (χ3v) is 4.53. The lowest BCUT2D eigenvalue weighted by atomic mass is 10.2. The van der Waals surface area contributed by atoms with E-state index < -0.39 is 10.9 Å². The summed E-state index contributed by atoms with van der Waals surface area (Å²) in [6.07, 6.45) is 4.15. The molecule has 1 N–H and O–H groups in total. The molecular formula is C15H18N2O5S. The smallest absolute Gasteiger partial charge is 0.316 e. The van der Waals surface area contributed by atoms with Crippen LogP contribution < -0.4 is 5.32 Å². The van der Waals surface area contributed by atoms with Gasteiger partial charge in [0.2, 0.25) is 0 Å². The molecule has 1 aromatic carbocycles. The molecule has 0 aliphatic heterocycles. The number of thioether (sulfide) groups is 1. The topological polar surface area (TPSA) is 98.5 Å². The van der Waals surface area contributed by atoms with Crippen molar-refractivity contribution in [2.24, 2.45) is 0 Å². The van der Waals surface area contributed by atoms with Crippen molar-refractivity contribution in [3.8, 4) is 0 Å².